The fraction of sp³-hybridized carbons (Fsp3) is 0.261. The van der Waals surface area contributed by atoms with E-state index in [9.17, 15) is 14.4 Å². The number of rotatable bonds is 9. The summed E-state index contributed by atoms with van der Waals surface area (Å²) >= 11 is 3.32. The van der Waals surface area contributed by atoms with E-state index in [2.05, 4.69) is 36.6 Å². The first-order chi connectivity index (χ1) is 15.3. The van der Waals surface area contributed by atoms with Gasteiger partial charge in [-0.15, -0.1) is 0 Å². The number of carbonyl (C=O) groups is 3. The fourth-order valence-electron chi connectivity index (χ4n) is 3.02. The number of nitrogens with zero attached hydrogens (tertiary/aromatic N) is 3. The predicted octanol–water partition coefficient (Wildman–Crippen LogP) is 2.39. The normalized spacial score (nSPS) is 12.1. The van der Waals surface area contributed by atoms with Crippen molar-refractivity contribution in [2.24, 2.45) is 0 Å². The number of ketones is 1. The van der Waals surface area contributed by atoms with Crippen molar-refractivity contribution in [1.29, 1.82) is 0 Å². The van der Waals surface area contributed by atoms with Gasteiger partial charge >= 0.3 is 0 Å². The maximum Gasteiger partial charge on any atom is 0.289 e. The topological polar surface area (TPSA) is 106 Å². The molecule has 166 valence electrons. The lowest BCUT2D eigenvalue weighted by molar-refractivity contribution is -0.141. The van der Waals surface area contributed by atoms with E-state index in [4.69, 9.17) is 0 Å². The van der Waals surface area contributed by atoms with Gasteiger partial charge in [-0.2, -0.15) is 5.10 Å². The minimum Gasteiger partial charge on any atom is -0.344 e. The van der Waals surface area contributed by atoms with Crippen LogP contribution >= 0.6 is 15.9 Å². The van der Waals surface area contributed by atoms with Gasteiger partial charge in [0.25, 0.3) is 5.91 Å². The number of halogens is 1. The van der Waals surface area contributed by atoms with Crippen molar-refractivity contribution >= 4 is 33.5 Å². The van der Waals surface area contributed by atoms with Crippen molar-refractivity contribution < 1.29 is 14.4 Å². The van der Waals surface area contributed by atoms with Gasteiger partial charge in [-0.3, -0.25) is 24.0 Å². The highest BCUT2D eigenvalue weighted by atomic mass is 79.9. The number of pyridine rings is 1. The molecule has 0 unspecified atom stereocenters. The van der Waals surface area contributed by atoms with Crippen molar-refractivity contribution in [3.05, 3.63) is 82.9 Å². The van der Waals surface area contributed by atoms with E-state index < -0.39 is 29.2 Å². The van der Waals surface area contributed by atoms with Crippen LogP contribution < -0.4 is 10.6 Å². The number of benzene rings is 1. The van der Waals surface area contributed by atoms with Crippen LogP contribution in [0.25, 0.3) is 0 Å². The summed E-state index contributed by atoms with van der Waals surface area (Å²) in [6, 6.07) is 13.5. The second-order valence-corrected chi connectivity index (χ2v) is 8.66. The first-order valence-corrected chi connectivity index (χ1v) is 10.8. The van der Waals surface area contributed by atoms with E-state index in [0.29, 0.717) is 5.69 Å². The Bertz CT molecular complexity index is 1080. The lowest BCUT2D eigenvalue weighted by atomic mass is 9.99. The van der Waals surface area contributed by atoms with Crippen molar-refractivity contribution in [3.8, 4) is 0 Å². The van der Waals surface area contributed by atoms with Gasteiger partial charge in [0.15, 0.2) is 0 Å². The maximum absolute atomic E-state index is 13.1. The van der Waals surface area contributed by atoms with E-state index in [1.807, 2.05) is 30.3 Å². The summed E-state index contributed by atoms with van der Waals surface area (Å²) in [5, 5.41) is 9.52. The molecule has 0 fully saturated rings. The van der Waals surface area contributed by atoms with Gasteiger partial charge < -0.3 is 10.6 Å². The molecule has 0 aliphatic rings. The molecular formula is C23H24BrN5O3. The average molecular weight is 498 g/mol. The first kappa shape index (κ1) is 23.3. The number of Topliss-reactive ketones (excluding diaryl/α,β-unsaturated/α-hetero) is 1. The van der Waals surface area contributed by atoms with Crippen LogP contribution in [0.5, 0.6) is 0 Å². The Morgan fingerprint density at radius 2 is 1.81 bits per heavy atom. The molecule has 3 rings (SSSR count). The van der Waals surface area contributed by atoms with Crippen molar-refractivity contribution in [2.45, 2.75) is 38.4 Å². The minimum atomic E-state index is -1.08. The van der Waals surface area contributed by atoms with Gasteiger partial charge in [-0.05, 0) is 47.5 Å². The van der Waals surface area contributed by atoms with Crippen LogP contribution in [0.4, 0.5) is 0 Å². The molecule has 32 heavy (non-hydrogen) atoms. The monoisotopic (exact) mass is 497 g/mol. The molecule has 0 aliphatic carbocycles. The van der Waals surface area contributed by atoms with Crippen LogP contribution in [-0.2, 0) is 32.9 Å². The van der Waals surface area contributed by atoms with Crippen LogP contribution in [0.2, 0.25) is 0 Å². The van der Waals surface area contributed by atoms with Gasteiger partial charge in [0.2, 0.25) is 11.7 Å². The van der Waals surface area contributed by atoms with Gasteiger partial charge in [0.1, 0.15) is 11.6 Å². The largest absolute Gasteiger partial charge is 0.344 e. The summed E-state index contributed by atoms with van der Waals surface area (Å²) in [7, 11) is 0. The minimum absolute atomic E-state index is 0.115. The second-order valence-electron chi connectivity index (χ2n) is 7.75. The van der Waals surface area contributed by atoms with Gasteiger partial charge in [-0.25, -0.2) is 0 Å². The molecule has 8 nitrogen and oxygen atoms in total. The average Bonchev–Trinajstić information content (AvgIpc) is 3.25. The molecule has 2 aromatic heterocycles. The number of nitrogens with one attached hydrogen (secondary N) is 2. The molecule has 3 aromatic rings. The Morgan fingerprint density at radius 1 is 1.09 bits per heavy atom. The van der Waals surface area contributed by atoms with Crippen LogP contribution in [0.15, 0.2) is 71.6 Å². The zero-order chi connectivity index (χ0) is 23.1. The summed E-state index contributed by atoms with van der Waals surface area (Å²) < 4.78 is 2.22. The van der Waals surface area contributed by atoms with E-state index in [-0.39, 0.29) is 13.0 Å². The molecule has 0 radical (unpaired) electrons. The molecule has 0 aliphatic heterocycles. The van der Waals surface area contributed by atoms with Crippen molar-refractivity contribution in [2.75, 3.05) is 0 Å². The number of hydrogen-bond donors (Lipinski definition) is 2. The highest BCUT2D eigenvalue weighted by molar-refractivity contribution is 9.10. The zero-order valence-electron chi connectivity index (χ0n) is 17.8. The highest BCUT2D eigenvalue weighted by Crippen LogP contribution is 2.18. The fourth-order valence-corrected chi connectivity index (χ4v) is 3.31. The standard InChI is InChI=1S/C23H24BrN5O3/c1-23(2,29-15-17(24)13-27-29)22(32)28-19(12-16-8-4-3-5-9-16)20(30)21(31)26-14-18-10-6-7-11-25-18/h3-11,13,15,19H,12,14H2,1-2H3,(H,26,31)(H,28,32)/t19-/m1/s1. The quantitative estimate of drug-likeness (QED) is 0.441. The smallest absolute Gasteiger partial charge is 0.289 e. The Hall–Kier alpha value is -3.33. The van der Waals surface area contributed by atoms with Crippen LogP contribution in [-0.4, -0.2) is 38.4 Å². The molecule has 9 heteroatoms. The number of amides is 2. The Morgan fingerprint density at radius 3 is 2.44 bits per heavy atom. The zero-order valence-corrected chi connectivity index (χ0v) is 19.4. The van der Waals surface area contributed by atoms with E-state index in [1.165, 1.54) is 4.68 Å². The third-order valence-electron chi connectivity index (χ3n) is 4.96. The lowest BCUT2D eigenvalue weighted by Crippen LogP contribution is -2.54. The van der Waals surface area contributed by atoms with E-state index >= 15 is 0 Å². The van der Waals surface area contributed by atoms with Gasteiger partial charge in [0, 0.05) is 18.8 Å². The molecule has 0 saturated heterocycles. The van der Waals surface area contributed by atoms with E-state index in [1.54, 1.807) is 50.6 Å². The van der Waals surface area contributed by atoms with Crippen LogP contribution in [0.3, 0.4) is 0 Å². The first-order valence-electron chi connectivity index (χ1n) is 10.0. The molecule has 2 amide bonds. The number of aromatic nitrogens is 3. The Balaban J connectivity index is 1.75. The SMILES string of the molecule is CC(C)(C(=O)N[C@H](Cc1ccccc1)C(=O)C(=O)NCc1ccccn1)n1cc(Br)cn1. The third-order valence-corrected chi connectivity index (χ3v) is 5.37. The van der Waals surface area contributed by atoms with Crippen molar-refractivity contribution in [1.82, 2.24) is 25.4 Å². The summed E-state index contributed by atoms with van der Waals surface area (Å²) in [5.41, 5.74) is 0.372. The molecule has 2 heterocycles. The van der Waals surface area contributed by atoms with Gasteiger partial charge in [-0.1, -0.05) is 36.4 Å². The predicted molar refractivity (Wildman–Crippen MR) is 122 cm³/mol. The van der Waals surface area contributed by atoms with E-state index in [0.717, 1.165) is 10.0 Å². The number of hydrogen-bond acceptors (Lipinski definition) is 5. The van der Waals surface area contributed by atoms with Gasteiger partial charge in [0.05, 0.1) is 22.9 Å². The summed E-state index contributed by atoms with van der Waals surface area (Å²) in [5.74, 6) is -1.94. The summed E-state index contributed by atoms with van der Waals surface area (Å²) in [6.45, 7) is 3.49. The molecule has 0 saturated carbocycles. The van der Waals surface area contributed by atoms with Crippen LogP contribution in [0, 0.1) is 0 Å². The van der Waals surface area contributed by atoms with Crippen molar-refractivity contribution in [3.63, 3.8) is 0 Å². The lowest BCUT2D eigenvalue weighted by Gasteiger charge is -2.27. The Labute approximate surface area is 194 Å². The molecule has 2 N–H and O–H groups in total. The molecular weight excluding hydrogens is 474 g/mol. The van der Waals surface area contributed by atoms with Crippen LogP contribution in [0.1, 0.15) is 25.1 Å². The maximum atomic E-state index is 13.1. The second kappa shape index (κ2) is 10.3. The third kappa shape index (κ3) is 5.88. The molecule has 0 bridgehead atoms. The number of carbonyl (C=O) groups excluding carboxylic acids is 3. The summed E-state index contributed by atoms with van der Waals surface area (Å²) in [6.07, 6.45) is 5.04. The Kier molecular flexibility index (Phi) is 7.53. The molecule has 0 spiro atoms. The highest BCUT2D eigenvalue weighted by Gasteiger charge is 2.35. The molecule has 1 atom stereocenters. The summed E-state index contributed by atoms with van der Waals surface area (Å²) in [4.78, 5) is 42.8. The molecule has 1 aromatic carbocycles.